The van der Waals surface area contributed by atoms with Crippen LogP contribution in [0.5, 0.6) is 5.75 Å². The fraction of sp³-hybridized carbons (Fsp3) is 0.500. The molecule has 1 aromatic carbocycles. The molecule has 2 saturated heterocycles. The number of piperazine rings is 1. The number of amides is 2. The van der Waals surface area contributed by atoms with E-state index in [1.54, 1.807) is 30.3 Å². The molecular weight excluding hydrogens is 352 g/mol. The van der Waals surface area contributed by atoms with Crippen molar-refractivity contribution in [2.45, 2.75) is 6.92 Å². The molecule has 0 saturated carbocycles. The van der Waals surface area contributed by atoms with E-state index in [2.05, 4.69) is 4.90 Å². The second-order valence-electron chi connectivity index (χ2n) is 6.74. The predicted molar refractivity (Wildman–Crippen MR) is 101 cm³/mol. The van der Waals surface area contributed by atoms with Gasteiger partial charge in [0.05, 0.1) is 17.7 Å². The summed E-state index contributed by atoms with van der Waals surface area (Å²) in [4.78, 5) is 34.6. The number of ether oxygens (including phenoxy) is 1. The second-order valence-corrected chi connectivity index (χ2v) is 7.75. The van der Waals surface area contributed by atoms with Crippen LogP contribution in [-0.4, -0.2) is 73.0 Å². The molecule has 7 nitrogen and oxygen atoms in total. The number of anilines is 1. The average Bonchev–Trinajstić information content (AvgIpc) is 3.03. The van der Waals surface area contributed by atoms with Crippen LogP contribution in [-0.2, 0) is 9.59 Å². The van der Waals surface area contributed by atoms with E-state index < -0.39 is 0 Å². The zero-order valence-corrected chi connectivity index (χ0v) is 15.8. The summed E-state index contributed by atoms with van der Waals surface area (Å²) in [6, 6.07) is 5.91. The number of fused-ring (bicyclic) bond motifs is 1. The van der Waals surface area contributed by atoms with Gasteiger partial charge in [-0.05, 0) is 12.1 Å². The van der Waals surface area contributed by atoms with Crippen LogP contribution >= 0.6 is 11.3 Å². The SMILES string of the molecule is COc1cccc2sc(N3CC(C(=O)N4CCN(C(C)=O)CC4)C3)nc12. The number of hydrogen-bond acceptors (Lipinski definition) is 6. The van der Waals surface area contributed by atoms with Gasteiger partial charge in [0.1, 0.15) is 11.3 Å². The number of benzene rings is 1. The summed E-state index contributed by atoms with van der Waals surface area (Å²) in [7, 11) is 1.65. The highest BCUT2D eigenvalue weighted by Gasteiger charge is 2.37. The van der Waals surface area contributed by atoms with Crippen molar-refractivity contribution in [3.63, 3.8) is 0 Å². The number of thiazole rings is 1. The summed E-state index contributed by atoms with van der Waals surface area (Å²) in [6.45, 7) is 5.51. The molecule has 0 bridgehead atoms. The molecule has 2 amide bonds. The molecule has 2 aliphatic rings. The van der Waals surface area contributed by atoms with Gasteiger partial charge in [0.2, 0.25) is 11.8 Å². The van der Waals surface area contributed by atoms with Crippen molar-refractivity contribution in [2.24, 2.45) is 5.92 Å². The quantitative estimate of drug-likeness (QED) is 0.813. The average molecular weight is 374 g/mol. The van der Waals surface area contributed by atoms with Gasteiger partial charge in [-0.25, -0.2) is 4.98 Å². The van der Waals surface area contributed by atoms with Crippen molar-refractivity contribution in [3.05, 3.63) is 18.2 Å². The Morgan fingerprint density at radius 2 is 1.85 bits per heavy atom. The fourth-order valence-corrected chi connectivity index (χ4v) is 4.50. The molecule has 26 heavy (non-hydrogen) atoms. The lowest BCUT2D eigenvalue weighted by atomic mass is 9.99. The summed E-state index contributed by atoms with van der Waals surface area (Å²) < 4.78 is 6.47. The zero-order chi connectivity index (χ0) is 18.3. The second kappa shape index (κ2) is 6.75. The van der Waals surface area contributed by atoms with E-state index in [4.69, 9.17) is 9.72 Å². The van der Waals surface area contributed by atoms with Crippen molar-refractivity contribution in [1.82, 2.24) is 14.8 Å². The first kappa shape index (κ1) is 17.1. The number of carbonyl (C=O) groups is 2. The van der Waals surface area contributed by atoms with E-state index >= 15 is 0 Å². The summed E-state index contributed by atoms with van der Waals surface area (Å²) in [5, 5.41) is 0.940. The third-order valence-electron chi connectivity index (χ3n) is 5.13. The van der Waals surface area contributed by atoms with Gasteiger partial charge in [0.25, 0.3) is 0 Å². The lowest BCUT2D eigenvalue weighted by Gasteiger charge is -2.42. The molecule has 1 aromatic heterocycles. The monoisotopic (exact) mass is 374 g/mol. The number of carbonyl (C=O) groups excluding carboxylic acids is 2. The molecular formula is C18H22N4O3S. The maximum atomic E-state index is 12.7. The molecule has 2 aliphatic heterocycles. The van der Waals surface area contributed by atoms with Crippen molar-refractivity contribution < 1.29 is 14.3 Å². The lowest BCUT2D eigenvalue weighted by molar-refractivity contribution is -0.141. The zero-order valence-electron chi connectivity index (χ0n) is 15.0. The van der Waals surface area contributed by atoms with Crippen molar-refractivity contribution in [2.75, 3.05) is 51.3 Å². The van der Waals surface area contributed by atoms with Gasteiger partial charge in [-0.15, -0.1) is 0 Å². The Labute approximate surface area is 156 Å². The van der Waals surface area contributed by atoms with Crippen LogP contribution in [0, 0.1) is 5.92 Å². The molecule has 0 unspecified atom stereocenters. The number of nitrogens with zero attached hydrogens (tertiary/aromatic N) is 4. The Morgan fingerprint density at radius 1 is 1.15 bits per heavy atom. The van der Waals surface area contributed by atoms with Gasteiger partial charge >= 0.3 is 0 Å². The van der Waals surface area contributed by atoms with Gasteiger partial charge in [0, 0.05) is 46.2 Å². The molecule has 0 atom stereocenters. The summed E-state index contributed by atoms with van der Waals surface area (Å²) in [6.07, 6.45) is 0. The van der Waals surface area contributed by atoms with E-state index in [0.29, 0.717) is 39.3 Å². The number of aromatic nitrogens is 1. The van der Waals surface area contributed by atoms with Gasteiger partial charge in [-0.3, -0.25) is 9.59 Å². The van der Waals surface area contributed by atoms with Crippen LogP contribution < -0.4 is 9.64 Å². The molecule has 0 aliphatic carbocycles. The van der Waals surface area contributed by atoms with Crippen molar-refractivity contribution in [3.8, 4) is 5.75 Å². The Bertz CT molecular complexity index is 838. The Hall–Kier alpha value is -2.35. The van der Waals surface area contributed by atoms with Crippen molar-refractivity contribution >= 4 is 38.5 Å². The maximum Gasteiger partial charge on any atom is 0.229 e. The molecule has 4 rings (SSSR count). The summed E-state index contributed by atoms with van der Waals surface area (Å²) in [5.74, 6) is 1.08. The summed E-state index contributed by atoms with van der Waals surface area (Å²) in [5.41, 5.74) is 0.880. The highest BCUT2D eigenvalue weighted by atomic mass is 32.1. The first-order valence-electron chi connectivity index (χ1n) is 8.79. The van der Waals surface area contributed by atoms with Crippen LogP contribution in [0.4, 0.5) is 5.13 Å². The largest absolute Gasteiger partial charge is 0.494 e. The normalized spacial score (nSPS) is 18.2. The Morgan fingerprint density at radius 3 is 2.50 bits per heavy atom. The van der Waals surface area contributed by atoms with Crippen molar-refractivity contribution in [1.29, 1.82) is 0 Å². The molecule has 0 N–H and O–H groups in total. The van der Waals surface area contributed by atoms with Crippen LogP contribution in [0.25, 0.3) is 10.2 Å². The van der Waals surface area contributed by atoms with Gasteiger partial charge < -0.3 is 19.4 Å². The number of para-hydroxylation sites is 1. The van der Waals surface area contributed by atoms with E-state index in [0.717, 1.165) is 21.1 Å². The molecule has 2 fully saturated rings. The number of methoxy groups -OCH3 is 1. The van der Waals surface area contributed by atoms with Crippen LogP contribution in [0.15, 0.2) is 18.2 Å². The number of rotatable bonds is 3. The van der Waals surface area contributed by atoms with E-state index in [1.807, 2.05) is 23.1 Å². The Kier molecular flexibility index (Phi) is 4.44. The minimum atomic E-state index is 0.0211. The molecule has 2 aromatic rings. The Balaban J connectivity index is 1.37. The molecule has 3 heterocycles. The minimum absolute atomic E-state index is 0.0211. The molecule has 8 heteroatoms. The minimum Gasteiger partial charge on any atom is -0.494 e. The standard InChI is InChI=1S/C18H22N4O3S/c1-12(23)20-6-8-21(9-7-20)17(24)13-10-22(11-13)18-19-16-14(25-2)4-3-5-15(16)26-18/h3-5,13H,6-11H2,1-2H3. The van der Waals surface area contributed by atoms with Crippen LogP contribution in [0.3, 0.4) is 0 Å². The fourth-order valence-electron chi connectivity index (χ4n) is 3.50. The number of hydrogen-bond donors (Lipinski definition) is 0. The predicted octanol–water partition coefficient (Wildman–Crippen LogP) is 1.43. The highest BCUT2D eigenvalue weighted by molar-refractivity contribution is 7.22. The third kappa shape index (κ3) is 2.98. The van der Waals surface area contributed by atoms with E-state index in [9.17, 15) is 9.59 Å². The summed E-state index contributed by atoms with van der Waals surface area (Å²) >= 11 is 1.63. The van der Waals surface area contributed by atoms with Gasteiger partial charge in [-0.1, -0.05) is 17.4 Å². The van der Waals surface area contributed by atoms with Gasteiger partial charge in [-0.2, -0.15) is 0 Å². The first-order chi connectivity index (χ1) is 12.6. The van der Waals surface area contributed by atoms with E-state index in [-0.39, 0.29) is 17.7 Å². The highest BCUT2D eigenvalue weighted by Crippen LogP contribution is 2.36. The van der Waals surface area contributed by atoms with E-state index in [1.165, 1.54) is 0 Å². The first-order valence-corrected chi connectivity index (χ1v) is 9.61. The van der Waals surface area contributed by atoms with Crippen LogP contribution in [0.2, 0.25) is 0 Å². The lowest BCUT2D eigenvalue weighted by Crippen LogP contribution is -2.58. The van der Waals surface area contributed by atoms with Crippen LogP contribution in [0.1, 0.15) is 6.92 Å². The molecule has 0 radical (unpaired) electrons. The third-order valence-corrected chi connectivity index (χ3v) is 6.21. The molecule has 0 spiro atoms. The topological polar surface area (TPSA) is 66.0 Å². The van der Waals surface area contributed by atoms with Gasteiger partial charge in [0.15, 0.2) is 5.13 Å². The smallest absolute Gasteiger partial charge is 0.229 e. The molecule has 138 valence electrons. The maximum absolute atomic E-state index is 12.7.